The first-order chi connectivity index (χ1) is 30.2. The molecule has 64 heavy (non-hydrogen) atoms. The molecule has 0 fully saturated rings. The number of aromatic hydroxyl groups is 1. The maximum atomic E-state index is 13.5. The predicted octanol–water partition coefficient (Wildman–Crippen LogP) is 10.8. The average molecular weight is 885 g/mol. The number of nitrogens with zero attached hydrogens (tertiary/aromatic N) is 4. The molecule has 2 aromatic heterocycles. The minimum absolute atomic E-state index is 0.100. The number of pyridine rings is 2. The van der Waals surface area contributed by atoms with E-state index in [4.69, 9.17) is 9.41 Å². The largest absolute Gasteiger partial charge is 0.541 e. The summed E-state index contributed by atoms with van der Waals surface area (Å²) >= 11 is 0. The molecule has 13 heteroatoms. The van der Waals surface area contributed by atoms with Crippen LogP contribution in [0.5, 0.6) is 11.5 Å². The van der Waals surface area contributed by atoms with Crippen LogP contribution in [0.25, 0.3) is 21.8 Å². The molecule has 2 amide bonds. The van der Waals surface area contributed by atoms with Crippen molar-refractivity contribution in [3.8, 4) is 11.5 Å². The molecule has 0 spiro atoms. The highest BCUT2D eigenvalue weighted by Crippen LogP contribution is 2.48. The van der Waals surface area contributed by atoms with E-state index >= 15 is 0 Å². The van der Waals surface area contributed by atoms with Crippen LogP contribution < -0.4 is 4.43 Å². The van der Waals surface area contributed by atoms with E-state index in [1.807, 2.05) is 12.1 Å². The predicted molar refractivity (Wildman–Crippen MR) is 247 cm³/mol. The van der Waals surface area contributed by atoms with Crippen LogP contribution in [0, 0.1) is 11.6 Å². The summed E-state index contributed by atoms with van der Waals surface area (Å²) < 4.78 is 33.7. The van der Waals surface area contributed by atoms with Gasteiger partial charge in [0, 0.05) is 61.5 Å². The van der Waals surface area contributed by atoms with Gasteiger partial charge in [-0.1, -0.05) is 65.8 Å². The summed E-state index contributed by atoms with van der Waals surface area (Å²) in [6.45, 7) is 16.9. The molecule has 332 valence electrons. The van der Waals surface area contributed by atoms with E-state index < -0.39 is 8.32 Å². The highest BCUT2D eigenvalue weighted by molar-refractivity contribution is 6.78. The standard InChI is InChI=1S/C30H37FN2O3Si.C21H17FN2O3/c1-17(2)37(18(3)4,19(5)6)36-29-27-25(16-33(8)30(27)35)26(20(7)34)24-14-22(15-32-28(24)29)13-21-9-11-23(31)12-10-21;1-11(25)17-15-8-13(7-12-3-5-14(22)6-4-12)9-23-19(15)20(26)18-16(17)10-24(2)21(18)27/h9-12,14-15,17-19H,13,16H2,1-8H3;3-6,8-9,26H,7,10H2,1-2H3. The van der Waals surface area contributed by atoms with E-state index in [2.05, 4.69) is 46.5 Å². The topological polar surface area (TPSA) is 130 Å². The number of ketones is 2. The molecule has 0 aliphatic carbocycles. The Hall–Kier alpha value is -6.34. The van der Waals surface area contributed by atoms with Gasteiger partial charge in [0.2, 0.25) is 0 Å². The Morgan fingerprint density at radius 3 is 1.47 bits per heavy atom. The second kappa shape index (κ2) is 17.7. The van der Waals surface area contributed by atoms with Crippen molar-refractivity contribution < 1.29 is 37.5 Å². The Balaban J connectivity index is 0.000000201. The lowest BCUT2D eigenvalue weighted by Gasteiger charge is -2.42. The van der Waals surface area contributed by atoms with E-state index in [0.717, 1.165) is 27.8 Å². The zero-order chi connectivity index (χ0) is 46.5. The van der Waals surface area contributed by atoms with E-state index in [1.165, 1.54) is 36.1 Å². The van der Waals surface area contributed by atoms with Crippen molar-refractivity contribution in [2.75, 3.05) is 14.1 Å². The second-order valence-corrected chi connectivity index (χ2v) is 23.5. The zero-order valence-corrected chi connectivity index (χ0v) is 39.0. The molecule has 0 saturated heterocycles. The number of carbonyl (C=O) groups is 4. The molecule has 0 saturated carbocycles. The third-order valence-corrected chi connectivity index (χ3v) is 18.8. The Morgan fingerprint density at radius 2 is 1.05 bits per heavy atom. The molecule has 6 aromatic rings. The van der Waals surface area contributed by atoms with E-state index in [1.54, 1.807) is 62.6 Å². The Kier molecular flexibility index (Phi) is 12.6. The molecule has 0 bridgehead atoms. The van der Waals surface area contributed by atoms with Crippen molar-refractivity contribution in [1.29, 1.82) is 0 Å². The summed E-state index contributed by atoms with van der Waals surface area (Å²) in [5.74, 6) is -0.971. The summed E-state index contributed by atoms with van der Waals surface area (Å²) in [5, 5.41) is 11.9. The number of rotatable bonds is 11. The van der Waals surface area contributed by atoms with E-state index in [9.17, 15) is 33.1 Å². The second-order valence-electron chi connectivity index (χ2n) is 18.1. The number of carbonyl (C=O) groups excluding carboxylic acids is 4. The summed E-state index contributed by atoms with van der Waals surface area (Å²) in [5.41, 5.74) is 8.17. The smallest absolute Gasteiger partial charge is 0.258 e. The third kappa shape index (κ3) is 8.17. The van der Waals surface area contributed by atoms with Gasteiger partial charge in [-0.2, -0.15) is 0 Å². The number of amides is 2. The van der Waals surface area contributed by atoms with Crippen molar-refractivity contribution in [3.63, 3.8) is 0 Å². The summed E-state index contributed by atoms with van der Waals surface area (Å²) in [7, 11) is 0.949. The van der Waals surface area contributed by atoms with Gasteiger partial charge in [0.05, 0.1) is 11.1 Å². The number of benzene rings is 4. The molecule has 0 unspecified atom stereocenters. The van der Waals surface area contributed by atoms with Crippen molar-refractivity contribution >= 4 is 53.5 Å². The van der Waals surface area contributed by atoms with Gasteiger partial charge in [0.1, 0.15) is 28.4 Å². The zero-order valence-electron chi connectivity index (χ0n) is 38.0. The first-order valence-electron chi connectivity index (χ1n) is 21.6. The number of phenols is 1. The Labute approximate surface area is 373 Å². The van der Waals surface area contributed by atoms with Crippen LogP contribution >= 0.6 is 0 Å². The Morgan fingerprint density at radius 1 is 0.656 bits per heavy atom. The first kappa shape index (κ1) is 45.7. The van der Waals surface area contributed by atoms with Gasteiger partial charge in [-0.25, -0.2) is 8.78 Å². The molecule has 10 nitrogen and oxygen atoms in total. The third-order valence-electron chi connectivity index (χ3n) is 12.8. The highest BCUT2D eigenvalue weighted by Gasteiger charge is 2.49. The highest BCUT2D eigenvalue weighted by atomic mass is 28.4. The number of halogens is 2. The fourth-order valence-corrected chi connectivity index (χ4v) is 15.2. The monoisotopic (exact) mass is 884 g/mol. The Bertz CT molecular complexity index is 2840. The molecule has 0 radical (unpaired) electrons. The summed E-state index contributed by atoms with van der Waals surface area (Å²) in [4.78, 5) is 63.5. The molecule has 2 aliphatic heterocycles. The lowest BCUT2D eigenvalue weighted by molar-refractivity contribution is 0.0807. The van der Waals surface area contributed by atoms with E-state index in [-0.39, 0.29) is 58.4 Å². The van der Waals surface area contributed by atoms with Gasteiger partial charge in [-0.05, 0) is 113 Å². The normalized spacial score (nSPS) is 13.6. The number of fused-ring (bicyclic) bond motifs is 4. The molecule has 0 atom stereocenters. The average Bonchev–Trinajstić information content (AvgIpc) is 3.69. The number of Topliss-reactive ketones (excluding diaryl/α,β-unsaturated/α-hetero) is 2. The van der Waals surface area contributed by atoms with Crippen LogP contribution in [0.4, 0.5) is 8.78 Å². The van der Waals surface area contributed by atoms with Crippen LogP contribution in [0.15, 0.2) is 73.1 Å². The molecule has 8 rings (SSSR count). The number of hydrogen-bond donors (Lipinski definition) is 1. The van der Waals surface area contributed by atoms with Gasteiger partial charge in [0.15, 0.2) is 17.3 Å². The minimum atomic E-state index is -2.44. The molecular weight excluding hydrogens is 831 g/mol. The fourth-order valence-electron chi connectivity index (χ4n) is 9.93. The van der Waals surface area contributed by atoms with Gasteiger partial charge in [-0.3, -0.25) is 29.1 Å². The number of aromatic nitrogens is 2. The number of phenolic OH excluding ortho intramolecular Hbond substituents is 1. The summed E-state index contributed by atoms with van der Waals surface area (Å²) in [6, 6.07) is 16.4. The van der Waals surface area contributed by atoms with Crippen molar-refractivity contribution in [2.24, 2.45) is 0 Å². The quantitative estimate of drug-likeness (QED) is 0.101. The van der Waals surface area contributed by atoms with Gasteiger partial charge in [0.25, 0.3) is 20.1 Å². The lowest BCUT2D eigenvalue weighted by Crippen LogP contribution is -2.51. The van der Waals surface area contributed by atoms with Gasteiger partial charge < -0.3 is 19.3 Å². The van der Waals surface area contributed by atoms with Crippen molar-refractivity contribution in [1.82, 2.24) is 19.8 Å². The summed E-state index contributed by atoms with van der Waals surface area (Å²) in [6.07, 6.45) is 4.44. The maximum absolute atomic E-state index is 13.5. The lowest BCUT2D eigenvalue weighted by atomic mass is 9.93. The van der Waals surface area contributed by atoms with Crippen LogP contribution in [0.3, 0.4) is 0 Å². The van der Waals surface area contributed by atoms with Crippen LogP contribution in [-0.2, 0) is 25.9 Å². The van der Waals surface area contributed by atoms with Crippen LogP contribution in [0.2, 0.25) is 16.6 Å². The SMILES string of the molecule is CC(=O)c1c2c(c(O)c3ncc(Cc4ccc(F)cc4)cc13)C(=O)N(C)C2.CC(=O)c1c2c(c(O[Si](C(C)C)(C(C)C)C(C)C)c3ncc(Cc4ccc(F)cc4)cc13)C(=O)N(C)C2. The van der Waals surface area contributed by atoms with Gasteiger partial charge >= 0.3 is 0 Å². The number of hydrogen-bond acceptors (Lipinski definition) is 8. The van der Waals surface area contributed by atoms with Crippen LogP contribution in [-0.4, -0.2) is 70.7 Å². The van der Waals surface area contributed by atoms with Crippen molar-refractivity contribution in [3.05, 3.63) is 140 Å². The van der Waals surface area contributed by atoms with Gasteiger partial charge in [-0.15, -0.1) is 0 Å². The maximum Gasteiger partial charge on any atom is 0.258 e. The minimum Gasteiger partial charge on any atom is -0.541 e. The first-order valence-corrected chi connectivity index (χ1v) is 23.7. The van der Waals surface area contributed by atoms with E-state index in [0.29, 0.717) is 80.3 Å². The fraction of sp³-hybridized carbons (Fsp3) is 0.333. The molecule has 2 aliphatic rings. The molecule has 1 N–H and O–H groups in total. The molecule has 4 heterocycles. The molecular formula is C51H54F2N4O6Si. The molecule has 4 aromatic carbocycles. The van der Waals surface area contributed by atoms with Crippen molar-refractivity contribution in [2.45, 2.75) is 97.9 Å². The van der Waals surface area contributed by atoms with Crippen LogP contribution in [0.1, 0.15) is 130 Å².